The summed E-state index contributed by atoms with van der Waals surface area (Å²) in [6, 6.07) is 8.16. The van der Waals surface area contributed by atoms with E-state index in [1.54, 1.807) is 7.11 Å². The Kier molecular flexibility index (Phi) is 5.66. The molecule has 2 fully saturated rings. The van der Waals surface area contributed by atoms with Gasteiger partial charge in [-0.25, -0.2) is 0 Å². The van der Waals surface area contributed by atoms with Crippen molar-refractivity contribution in [3.63, 3.8) is 0 Å². The van der Waals surface area contributed by atoms with Gasteiger partial charge in [-0.3, -0.25) is 14.5 Å². The van der Waals surface area contributed by atoms with Crippen LogP contribution in [0.2, 0.25) is 0 Å². The van der Waals surface area contributed by atoms with Gasteiger partial charge in [0.2, 0.25) is 0 Å². The van der Waals surface area contributed by atoms with Gasteiger partial charge in [0.1, 0.15) is 11.2 Å². The summed E-state index contributed by atoms with van der Waals surface area (Å²) in [5.74, 6) is 0.553. The molecule has 2 aliphatic heterocycles. The number of unbranched alkanes of at least 4 members (excludes halogenated alkanes) is 1. The number of rotatable bonds is 7. The fourth-order valence-electron chi connectivity index (χ4n) is 4.78. The van der Waals surface area contributed by atoms with Gasteiger partial charge >= 0.3 is 5.97 Å². The zero-order chi connectivity index (χ0) is 18.7. The normalized spacial score (nSPS) is 28.2. The third-order valence-electron chi connectivity index (χ3n) is 6.10. The zero-order valence-electron chi connectivity index (χ0n) is 16.0. The van der Waals surface area contributed by atoms with Crippen molar-refractivity contribution < 1.29 is 19.1 Å². The molecule has 1 aromatic carbocycles. The molecule has 0 radical (unpaired) electrons. The van der Waals surface area contributed by atoms with Gasteiger partial charge in [0, 0.05) is 25.0 Å². The van der Waals surface area contributed by atoms with Crippen molar-refractivity contribution in [2.45, 2.75) is 64.1 Å². The Balaban J connectivity index is 1.92. The number of piperidine rings is 1. The first-order chi connectivity index (χ1) is 12.6. The highest BCUT2D eigenvalue weighted by Gasteiger charge is 2.60. The molecule has 2 aliphatic rings. The van der Waals surface area contributed by atoms with E-state index in [0.717, 1.165) is 43.5 Å². The Morgan fingerprint density at radius 1 is 1.31 bits per heavy atom. The number of methoxy groups -OCH3 is 2. The van der Waals surface area contributed by atoms with E-state index in [-0.39, 0.29) is 23.8 Å². The predicted molar refractivity (Wildman–Crippen MR) is 98.9 cm³/mol. The summed E-state index contributed by atoms with van der Waals surface area (Å²) >= 11 is 0. The third kappa shape index (κ3) is 3.13. The van der Waals surface area contributed by atoms with E-state index in [4.69, 9.17) is 9.47 Å². The topological polar surface area (TPSA) is 55.8 Å². The maximum absolute atomic E-state index is 13.0. The number of nitrogens with zero attached hydrogens (tertiary/aromatic N) is 1. The molecule has 2 saturated heterocycles. The van der Waals surface area contributed by atoms with Crippen molar-refractivity contribution in [2.24, 2.45) is 5.41 Å². The Morgan fingerprint density at radius 3 is 2.81 bits per heavy atom. The molecule has 2 bridgehead atoms. The maximum atomic E-state index is 13.0. The molecule has 2 heterocycles. The molecule has 0 amide bonds. The monoisotopic (exact) mass is 359 g/mol. The summed E-state index contributed by atoms with van der Waals surface area (Å²) in [5.41, 5.74) is 0.140. The Morgan fingerprint density at radius 2 is 2.12 bits per heavy atom. The van der Waals surface area contributed by atoms with Crippen LogP contribution in [0.5, 0.6) is 5.75 Å². The van der Waals surface area contributed by atoms with Crippen LogP contribution in [0.15, 0.2) is 24.3 Å². The average molecular weight is 359 g/mol. The van der Waals surface area contributed by atoms with E-state index in [1.807, 2.05) is 18.2 Å². The van der Waals surface area contributed by atoms with Gasteiger partial charge in [-0.2, -0.15) is 0 Å². The molecule has 0 N–H and O–H groups in total. The number of ether oxygens (including phenoxy) is 2. The second-order valence-corrected chi connectivity index (χ2v) is 7.46. The first-order valence-corrected chi connectivity index (χ1v) is 9.57. The number of esters is 1. The van der Waals surface area contributed by atoms with Gasteiger partial charge in [0.15, 0.2) is 5.78 Å². The molecule has 5 heteroatoms. The molecular formula is C21H29NO4. The van der Waals surface area contributed by atoms with Crippen LogP contribution in [0.3, 0.4) is 0 Å². The molecule has 0 aromatic heterocycles. The van der Waals surface area contributed by atoms with Crippen molar-refractivity contribution in [2.75, 3.05) is 14.2 Å². The van der Waals surface area contributed by atoms with Crippen LogP contribution < -0.4 is 4.74 Å². The van der Waals surface area contributed by atoms with Gasteiger partial charge in [-0.1, -0.05) is 31.9 Å². The first kappa shape index (κ1) is 18.9. The lowest BCUT2D eigenvalue weighted by molar-refractivity contribution is -0.167. The second-order valence-electron chi connectivity index (χ2n) is 7.46. The van der Waals surface area contributed by atoms with E-state index < -0.39 is 5.41 Å². The van der Waals surface area contributed by atoms with Gasteiger partial charge in [-0.15, -0.1) is 0 Å². The van der Waals surface area contributed by atoms with Crippen molar-refractivity contribution >= 4 is 11.8 Å². The second kappa shape index (κ2) is 7.78. The molecule has 26 heavy (non-hydrogen) atoms. The standard InChI is InChI=1S/C21H29NO4/c1-4-5-11-21(20(24)26-3)18-10-9-16(13-19(21)23)22(18)14-15-7-6-8-17(12-15)25-2/h6-8,12,16,18H,4-5,9-11,13-14H2,1-3H3/t16-,18-,21+/m1/s1. The van der Waals surface area contributed by atoms with Crippen molar-refractivity contribution in [3.05, 3.63) is 29.8 Å². The minimum Gasteiger partial charge on any atom is -0.497 e. The smallest absolute Gasteiger partial charge is 0.320 e. The van der Waals surface area contributed by atoms with Gasteiger partial charge < -0.3 is 9.47 Å². The highest BCUT2D eigenvalue weighted by molar-refractivity contribution is 6.05. The Bertz CT molecular complexity index is 674. The quantitative estimate of drug-likeness (QED) is 0.552. The molecule has 0 spiro atoms. The summed E-state index contributed by atoms with van der Waals surface area (Å²) in [6.45, 7) is 2.81. The SMILES string of the molecule is CCCC[C@@]1(C(=O)OC)C(=O)C[C@H]2CC[C@H]1N2Cc1cccc(OC)c1. The number of carbonyl (C=O) groups is 2. The molecule has 0 unspecified atom stereocenters. The molecule has 0 saturated carbocycles. The highest BCUT2D eigenvalue weighted by Crippen LogP contribution is 2.48. The lowest BCUT2D eigenvalue weighted by atomic mass is 9.69. The van der Waals surface area contributed by atoms with Crippen LogP contribution in [-0.2, 0) is 20.9 Å². The van der Waals surface area contributed by atoms with Crippen LogP contribution in [0, 0.1) is 5.41 Å². The van der Waals surface area contributed by atoms with Crippen LogP contribution in [0.1, 0.15) is 51.0 Å². The van der Waals surface area contributed by atoms with Crippen molar-refractivity contribution in [1.82, 2.24) is 4.90 Å². The van der Waals surface area contributed by atoms with Crippen LogP contribution in [0.4, 0.5) is 0 Å². The van der Waals surface area contributed by atoms with Gasteiger partial charge in [-0.05, 0) is 37.0 Å². The predicted octanol–water partition coefficient (Wildman–Crippen LogP) is 3.35. The summed E-state index contributed by atoms with van der Waals surface area (Å²) in [5, 5.41) is 0. The molecular weight excluding hydrogens is 330 g/mol. The number of benzene rings is 1. The first-order valence-electron chi connectivity index (χ1n) is 9.57. The lowest BCUT2D eigenvalue weighted by Gasteiger charge is -2.45. The number of carbonyl (C=O) groups excluding carboxylic acids is 2. The largest absolute Gasteiger partial charge is 0.497 e. The minimum absolute atomic E-state index is 0.0704. The fraction of sp³-hybridized carbons (Fsp3) is 0.619. The third-order valence-corrected chi connectivity index (χ3v) is 6.10. The summed E-state index contributed by atoms with van der Waals surface area (Å²) < 4.78 is 10.5. The highest BCUT2D eigenvalue weighted by atomic mass is 16.5. The van der Waals surface area contributed by atoms with Crippen molar-refractivity contribution in [1.29, 1.82) is 0 Å². The molecule has 1 aromatic rings. The number of hydrogen-bond acceptors (Lipinski definition) is 5. The zero-order valence-corrected chi connectivity index (χ0v) is 16.0. The number of hydrogen-bond donors (Lipinski definition) is 0. The molecule has 3 atom stereocenters. The number of ketones is 1. The van der Waals surface area contributed by atoms with E-state index in [0.29, 0.717) is 12.8 Å². The lowest BCUT2D eigenvalue weighted by Crippen LogP contribution is -2.60. The molecule has 142 valence electrons. The fourth-order valence-corrected chi connectivity index (χ4v) is 4.78. The van der Waals surface area contributed by atoms with Gasteiger partial charge in [0.25, 0.3) is 0 Å². The maximum Gasteiger partial charge on any atom is 0.320 e. The number of fused-ring (bicyclic) bond motifs is 2. The minimum atomic E-state index is -1.00. The van der Waals surface area contributed by atoms with E-state index in [2.05, 4.69) is 17.9 Å². The average Bonchev–Trinajstić information content (AvgIpc) is 2.97. The van der Waals surface area contributed by atoms with Gasteiger partial charge in [0.05, 0.1) is 14.2 Å². The summed E-state index contributed by atoms with van der Waals surface area (Å²) in [7, 11) is 3.06. The van der Waals surface area contributed by atoms with Crippen LogP contribution in [0.25, 0.3) is 0 Å². The van der Waals surface area contributed by atoms with E-state index in [1.165, 1.54) is 7.11 Å². The number of Topliss-reactive ketones (excluding diaryl/α,β-unsaturated/α-hetero) is 1. The van der Waals surface area contributed by atoms with Crippen LogP contribution >= 0.6 is 0 Å². The Hall–Kier alpha value is -1.88. The summed E-state index contributed by atoms with van der Waals surface area (Å²) in [6.07, 6.45) is 4.68. The molecule has 0 aliphatic carbocycles. The molecule has 5 nitrogen and oxygen atoms in total. The van der Waals surface area contributed by atoms with E-state index >= 15 is 0 Å². The van der Waals surface area contributed by atoms with Crippen LogP contribution in [-0.4, -0.2) is 43.0 Å². The Labute approximate surface area is 155 Å². The van der Waals surface area contributed by atoms with E-state index in [9.17, 15) is 9.59 Å². The van der Waals surface area contributed by atoms with Crippen molar-refractivity contribution in [3.8, 4) is 5.75 Å². The molecule has 3 rings (SSSR count). The summed E-state index contributed by atoms with van der Waals surface area (Å²) in [4.78, 5) is 28.2.